The summed E-state index contributed by atoms with van der Waals surface area (Å²) in [6, 6.07) is 0. The molecule has 4 nitrogen and oxygen atoms in total. The summed E-state index contributed by atoms with van der Waals surface area (Å²) in [4.78, 5) is 24.7. The van der Waals surface area contributed by atoms with Crippen LogP contribution in [0.1, 0.15) is 22.3 Å². The Morgan fingerprint density at radius 1 is 1.67 bits per heavy atom. The Bertz CT molecular complexity index is 339. The molecule has 1 heterocycles. The molecule has 0 amide bonds. The van der Waals surface area contributed by atoms with E-state index < -0.39 is 5.97 Å². The van der Waals surface area contributed by atoms with Crippen molar-refractivity contribution in [3.63, 3.8) is 0 Å². The molecule has 0 atom stereocenters. The maximum absolute atomic E-state index is 11.1. The molecule has 0 aliphatic rings. The number of hydrogen-bond acceptors (Lipinski definition) is 4. The SMILES string of the molecule is CCOC(=O)c1[nH]c(=O)sc1C. The highest BCUT2D eigenvalue weighted by molar-refractivity contribution is 7.09. The van der Waals surface area contributed by atoms with Gasteiger partial charge in [-0.05, 0) is 13.8 Å². The van der Waals surface area contributed by atoms with Gasteiger partial charge in [0.25, 0.3) is 0 Å². The summed E-state index contributed by atoms with van der Waals surface area (Å²) in [5.41, 5.74) is 0.270. The average Bonchev–Trinajstić information content (AvgIpc) is 2.30. The maximum atomic E-state index is 11.1. The van der Waals surface area contributed by atoms with E-state index in [0.717, 1.165) is 11.3 Å². The van der Waals surface area contributed by atoms with Crippen LogP contribution in [0.25, 0.3) is 0 Å². The molecular formula is C7H9NO3S. The van der Waals surface area contributed by atoms with Gasteiger partial charge in [-0.1, -0.05) is 11.3 Å². The second-order valence-electron chi connectivity index (χ2n) is 2.17. The van der Waals surface area contributed by atoms with Crippen molar-refractivity contribution in [3.05, 3.63) is 20.2 Å². The lowest BCUT2D eigenvalue weighted by atomic mass is 10.4. The molecule has 1 rings (SSSR count). The lowest BCUT2D eigenvalue weighted by Gasteiger charge is -1.98. The van der Waals surface area contributed by atoms with Crippen molar-refractivity contribution in [2.24, 2.45) is 0 Å². The van der Waals surface area contributed by atoms with Crippen LogP contribution in [0.15, 0.2) is 4.79 Å². The van der Waals surface area contributed by atoms with Gasteiger partial charge in [-0.15, -0.1) is 0 Å². The zero-order chi connectivity index (χ0) is 9.14. The van der Waals surface area contributed by atoms with E-state index in [1.807, 2.05) is 0 Å². The number of carbonyl (C=O) groups is 1. The molecule has 66 valence electrons. The van der Waals surface area contributed by atoms with Crippen molar-refractivity contribution in [1.29, 1.82) is 0 Å². The number of hydrogen-bond donors (Lipinski definition) is 1. The zero-order valence-electron chi connectivity index (χ0n) is 6.84. The zero-order valence-corrected chi connectivity index (χ0v) is 7.66. The van der Waals surface area contributed by atoms with E-state index in [9.17, 15) is 9.59 Å². The predicted molar refractivity (Wildman–Crippen MR) is 45.6 cm³/mol. The summed E-state index contributed by atoms with van der Waals surface area (Å²) in [5.74, 6) is -0.464. The standard InChI is InChI=1S/C7H9NO3S/c1-3-11-6(9)5-4(2)12-7(10)8-5/h3H2,1-2H3,(H,8,10). The Balaban J connectivity index is 2.94. The number of aromatic amines is 1. The topological polar surface area (TPSA) is 59.2 Å². The second kappa shape index (κ2) is 3.53. The van der Waals surface area contributed by atoms with Gasteiger partial charge in [0, 0.05) is 4.88 Å². The third kappa shape index (κ3) is 1.73. The fourth-order valence-electron chi connectivity index (χ4n) is 0.804. The summed E-state index contributed by atoms with van der Waals surface area (Å²) in [5, 5.41) is 0. The maximum Gasteiger partial charge on any atom is 0.355 e. The normalized spacial score (nSPS) is 9.83. The molecule has 0 aliphatic heterocycles. The van der Waals surface area contributed by atoms with Crippen molar-refractivity contribution in [1.82, 2.24) is 4.98 Å². The van der Waals surface area contributed by atoms with Gasteiger partial charge in [0.1, 0.15) is 5.69 Å². The van der Waals surface area contributed by atoms with Crippen LogP contribution in [-0.4, -0.2) is 17.6 Å². The Labute approximate surface area is 73.2 Å². The van der Waals surface area contributed by atoms with Crippen molar-refractivity contribution in [3.8, 4) is 0 Å². The molecule has 0 aromatic carbocycles. The van der Waals surface area contributed by atoms with Crippen molar-refractivity contribution >= 4 is 17.3 Å². The van der Waals surface area contributed by atoms with Crippen LogP contribution in [0.4, 0.5) is 0 Å². The first-order valence-corrected chi connectivity index (χ1v) is 4.33. The minimum atomic E-state index is -0.464. The van der Waals surface area contributed by atoms with Gasteiger partial charge in [-0.2, -0.15) is 0 Å². The van der Waals surface area contributed by atoms with E-state index in [2.05, 4.69) is 4.98 Å². The minimum absolute atomic E-state index is 0.226. The van der Waals surface area contributed by atoms with Crippen LogP contribution in [-0.2, 0) is 4.74 Å². The van der Waals surface area contributed by atoms with E-state index in [1.165, 1.54) is 0 Å². The molecule has 0 spiro atoms. The molecule has 0 unspecified atom stereocenters. The highest BCUT2D eigenvalue weighted by Gasteiger charge is 2.12. The largest absolute Gasteiger partial charge is 0.461 e. The van der Waals surface area contributed by atoms with E-state index in [4.69, 9.17) is 4.74 Å². The lowest BCUT2D eigenvalue weighted by Crippen LogP contribution is -2.08. The van der Waals surface area contributed by atoms with Crippen LogP contribution in [0.5, 0.6) is 0 Å². The predicted octanol–water partition coefficient (Wildman–Crippen LogP) is 0.922. The highest BCUT2D eigenvalue weighted by Crippen LogP contribution is 2.07. The van der Waals surface area contributed by atoms with Crippen LogP contribution in [0, 0.1) is 6.92 Å². The van der Waals surface area contributed by atoms with Gasteiger partial charge < -0.3 is 9.72 Å². The molecule has 0 bridgehead atoms. The Kier molecular flexibility index (Phi) is 2.65. The highest BCUT2D eigenvalue weighted by atomic mass is 32.1. The van der Waals surface area contributed by atoms with Gasteiger partial charge in [-0.3, -0.25) is 4.79 Å². The summed E-state index contributed by atoms with van der Waals surface area (Å²) in [6.07, 6.45) is 0. The van der Waals surface area contributed by atoms with Crippen LogP contribution in [0.2, 0.25) is 0 Å². The summed E-state index contributed by atoms with van der Waals surface area (Å²) < 4.78 is 4.72. The lowest BCUT2D eigenvalue weighted by molar-refractivity contribution is 0.0519. The van der Waals surface area contributed by atoms with Crippen molar-refractivity contribution in [2.45, 2.75) is 13.8 Å². The Hall–Kier alpha value is -1.10. The van der Waals surface area contributed by atoms with Crippen molar-refractivity contribution < 1.29 is 9.53 Å². The molecule has 1 aromatic heterocycles. The van der Waals surface area contributed by atoms with E-state index in [-0.39, 0.29) is 10.6 Å². The number of rotatable bonds is 2. The fourth-order valence-corrected chi connectivity index (χ4v) is 1.47. The molecule has 1 N–H and O–H groups in total. The number of carbonyl (C=O) groups excluding carboxylic acids is 1. The smallest absolute Gasteiger partial charge is 0.355 e. The summed E-state index contributed by atoms with van der Waals surface area (Å²) in [6.45, 7) is 3.74. The van der Waals surface area contributed by atoms with Gasteiger partial charge in [0.05, 0.1) is 6.61 Å². The van der Waals surface area contributed by atoms with Gasteiger partial charge in [-0.25, -0.2) is 4.79 Å². The fraction of sp³-hybridized carbons (Fsp3) is 0.429. The summed E-state index contributed by atoms with van der Waals surface area (Å²) in [7, 11) is 0. The average molecular weight is 187 g/mol. The third-order valence-electron chi connectivity index (χ3n) is 1.30. The monoisotopic (exact) mass is 187 g/mol. The molecule has 0 fully saturated rings. The first-order valence-electron chi connectivity index (χ1n) is 3.52. The number of nitrogens with one attached hydrogen (secondary N) is 1. The first kappa shape index (κ1) is 8.99. The number of thiazole rings is 1. The second-order valence-corrected chi connectivity index (χ2v) is 3.35. The Morgan fingerprint density at radius 3 is 2.75 bits per heavy atom. The minimum Gasteiger partial charge on any atom is -0.461 e. The quantitative estimate of drug-likeness (QED) is 0.700. The van der Waals surface area contributed by atoms with Gasteiger partial charge in [0.2, 0.25) is 0 Å². The molecule has 1 aromatic rings. The van der Waals surface area contributed by atoms with Crippen LogP contribution in [0.3, 0.4) is 0 Å². The number of ether oxygens (including phenoxy) is 1. The van der Waals surface area contributed by atoms with Crippen molar-refractivity contribution in [2.75, 3.05) is 6.61 Å². The molecule has 5 heteroatoms. The number of aryl methyl sites for hydroxylation is 1. The van der Waals surface area contributed by atoms with Gasteiger partial charge >= 0.3 is 10.8 Å². The Morgan fingerprint density at radius 2 is 2.33 bits per heavy atom. The van der Waals surface area contributed by atoms with E-state index >= 15 is 0 Å². The molecule has 0 radical (unpaired) electrons. The van der Waals surface area contributed by atoms with Crippen LogP contribution < -0.4 is 4.87 Å². The molecular weight excluding hydrogens is 178 g/mol. The molecule has 0 saturated heterocycles. The van der Waals surface area contributed by atoms with E-state index in [1.54, 1.807) is 13.8 Å². The first-order chi connectivity index (χ1) is 5.65. The third-order valence-corrected chi connectivity index (χ3v) is 2.10. The number of aromatic nitrogens is 1. The molecule has 12 heavy (non-hydrogen) atoms. The van der Waals surface area contributed by atoms with E-state index in [0.29, 0.717) is 11.5 Å². The number of esters is 1. The summed E-state index contributed by atoms with van der Waals surface area (Å²) >= 11 is 1.01. The number of H-pyrrole nitrogens is 1. The molecule has 0 aliphatic carbocycles. The van der Waals surface area contributed by atoms with Gasteiger partial charge in [0.15, 0.2) is 0 Å². The van der Waals surface area contributed by atoms with Crippen LogP contribution >= 0.6 is 11.3 Å². The molecule has 0 saturated carbocycles.